The minimum Gasteiger partial charge on any atom is -0.354 e. The number of H-pyrrole nitrogens is 1. The fourth-order valence-corrected chi connectivity index (χ4v) is 6.74. The van der Waals surface area contributed by atoms with Gasteiger partial charge in [0.25, 0.3) is 11.8 Å². The van der Waals surface area contributed by atoms with E-state index in [1.807, 2.05) is 30.3 Å². The first-order valence-electron chi connectivity index (χ1n) is 11.8. The summed E-state index contributed by atoms with van der Waals surface area (Å²) >= 11 is 0. The number of aromatic amines is 1. The normalized spacial score (nSPS) is 19.7. The number of rotatable bonds is 4. The molecule has 0 bridgehead atoms. The number of para-hydroxylation sites is 1. The quantitative estimate of drug-likeness (QED) is 0.382. The second-order valence-corrected chi connectivity index (χ2v) is 15.8. The van der Waals surface area contributed by atoms with E-state index in [9.17, 15) is 9.59 Å². The molecule has 0 aliphatic carbocycles. The topological polar surface area (TPSA) is 71.6 Å². The Kier molecular flexibility index (Phi) is 5.27. The Bertz CT molecular complexity index is 1260. The van der Waals surface area contributed by atoms with E-state index in [4.69, 9.17) is 9.47 Å². The van der Waals surface area contributed by atoms with Crippen LogP contribution in [-0.4, -0.2) is 42.5 Å². The number of hydrogen-bond donors (Lipinski definition) is 1. The lowest BCUT2D eigenvalue weighted by atomic mass is 9.97. The Morgan fingerprint density at radius 1 is 1.09 bits per heavy atom. The van der Waals surface area contributed by atoms with Gasteiger partial charge >= 0.3 is 0 Å². The molecule has 1 unspecified atom stereocenters. The molecule has 1 aromatic heterocycles. The van der Waals surface area contributed by atoms with Crippen molar-refractivity contribution >= 4 is 41.9 Å². The van der Waals surface area contributed by atoms with Crippen LogP contribution in [0.4, 0.5) is 0 Å². The van der Waals surface area contributed by atoms with E-state index in [1.54, 1.807) is 4.57 Å². The van der Waals surface area contributed by atoms with E-state index in [1.165, 1.54) is 0 Å². The Labute approximate surface area is 195 Å². The van der Waals surface area contributed by atoms with Crippen molar-refractivity contribution in [1.29, 1.82) is 0 Å². The van der Waals surface area contributed by atoms with Gasteiger partial charge in [-0.15, -0.1) is 0 Å². The SMILES string of the molecule is CC(C)(C)[Si](C)(C)N1C(=O)c2c(COC3CCCCO3)cc3[nH]c4ccccc4c3c2C1=O. The minimum absolute atomic E-state index is 0.160. The number of fused-ring (bicyclic) bond motifs is 5. The molecule has 3 aromatic rings. The predicted molar refractivity (Wildman–Crippen MR) is 132 cm³/mol. The lowest BCUT2D eigenvalue weighted by Gasteiger charge is -2.42. The zero-order valence-corrected chi connectivity index (χ0v) is 21.1. The molecule has 2 aliphatic rings. The van der Waals surface area contributed by atoms with Crippen molar-refractivity contribution in [2.45, 2.75) is 71.1 Å². The number of imide groups is 1. The highest BCUT2D eigenvalue weighted by Gasteiger charge is 2.52. The molecule has 1 atom stereocenters. The van der Waals surface area contributed by atoms with Gasteiger partial charge in [-0.2, -0.15) is 0 Å². The molecule has 5 rings (SSSR count). The zero-order valence-electron chi connectivity index (χ0n) is 20.1. The molecule has 1 saturated heterocycles. The van der Waals surface area contributed by atoms with Crippen molar-refractivity contribution in [1.82, 2.24) is 9.55 Å². The monoisotopic (exact) mass is 464 g/mol. The number of carbonyl (C=O) groups excluding carboxylic acids is 2. The van der Waals surface area contributed by atoms with Crippen molar-refractivity contribution in [2.75, 3.05) is 6.61 Å². The fraction of sp³-hybridized carbons (Fsp3) is 0.462. The number of benzene rings is 2. The van der Waals surface area contributed by atoms with E-state index >= 15 is 0 Å². The first-order valence-corrected chi connectivity index (χ1v) is 14.7. The van der Waals surface area contributed by atoms with Gasteiger partial charge < -0.3 is 19.0 Å². The van der Waals surface area contributed by atoms with E-state index in [0.717, 1.165) is 46.6 Å². The summed E-state index contributed by atoms with van der Waals surface area (Å²) in [4.78, 5) is 31.3. The van der Waals surface area contributed by atoms with Crippen molar-refractivity contribution in [3.05, 3.63) is 47.0 Å². The molecule has 6 nitrogen and oxygen atoms in total. The van der Waals surface area contributed by atoms with Crippen molar-refractivity contribution in [2.24, 2.45) is 0 Å². The Hall–Kier alpha value is -2.48. The maximum Gasteiger partial charge on any atom is 0.254 e. The maximum atomic E-state index is 14.0. The molecular formula is C26H32N2O4Si. The summed E-state index contributed by atoms with van der Waals surface area (Å²) in [5, 5.41) is 1.63. The molecule has 0 radical (unpaired) electrons. The number of nitrogens with zero attached hydrogens (tertiary/aromatic N) is 1. The van der Waals surface area contributed by atoms with Crippen LogP contribution >= 0.6 is 0 Å². The molecule has 7 heteroatoms. The summed E-state index contributed by atoms with van der Waals surface area (Å²) in [5.74, 6) is -0.357. The maximum absolute atomic E-state index is 14.0. The van der Waals surface area contributed by atoms with E-state index in [2.05, 4.69) is 38.8 Å². The molecule has 2 amide bonds. The summed E-state index contributed by atoms with van der Waals surface area (Å²) < 4.78 is 13.4. The first-order chi connectivity index (χ1) is 15.6. The standard InChI is InChI=1S/C26H32N2O4Si/c1-26(2,3)33(4,5)28-24(29)21-16(15-32-20-12-8-9-13-31-20)14-19-22(23(21)25(28)30)17-10-6-7-11-18(17)27-19/h6-7,10-11,14,20,27H,8-9,12-13,15H2,1-5H3. The summed E-state index contributed by atoms with van der Waals surface area (Å²) in [7, 11) is -2.45. The van der Waals surface area contributed by atoms with Crippen LogP contribution in [0.3, 0.4) is 0 Å². The number of ether oxygens (including phenoxy) is 2. The van der Waals surface area contributed by atoms with Crippen LogP contribution in [0.1, 0.15) is 66.3 Å². The lowest BCUT2D eigenvalue weighted by Crippen LogP contribution is -2.57. The van der Waals surface area contributed by atoms with E-state index in [0.29, 0.717) is 17.7 Å². The number of hydrogen-bond acceptors (Lipinski definition) is 4. The molecular weight excluding hydrogens is 432 g/mol. The fourth-order valence-electron chi connectivity index (χ4n) is 4.83. The minimum atomic E-state index is -2.45. The highest BCUT2D eigenvalue weighted by atomic mass is 28.3. The first kappa shape index (κ1) is 22.3. The highest BCUT2D eigenvalue weighted by molar-refractivity contribution is 6.83. The van der Waals surface area contributed by atoms with Gasteiger partial charge in [-0.1, -0.05) is 52.1 Å². The summed E-state index contributed by atoms with van der Waals surface area (Å²) in [6.45, 7) is 11.5. The molecule has 0 spiro atoms. The lowest BCUT2D eigenvalue weighted by molar-refractivity contribution is -0.168. The van der Waals surface area contributed by atoms with Gasteiger partial charge in [0.1, 0.15) is 0 Å². The van der Waals surface area contributed by atoms with Crippen molar-refractivity contribution in [3.8, 4) is 0 Å². The van der Waals surface area contributed by atoms with Gasteiger partial charge in [-0.05, 0) is 42.0 Å². The van der Waals surface area contributed by atoms with Crippen LogP contribution < -0.4 is 0 Å². The zero-order chi connectivity index (χ0) is 23.5. The molecule has 3 heterocycles. The number of carbonyl (C=O) groups is 2. The van der Waals surface area contributed by atoms with Crippen LogP contribution in [0.15, 0.2) is 30.3 Å². The van der Waals surface area contributed by atoms with E-state index < -0.39 is 8.24 Å². The Morgan fingerprint density at radius 2 is 1.82 bits per heavy atom. The number of aromatic nitrogens is 1. The second-order valence-electron chi connectivity index (χ2n) is 10.7. The van der Waals surface area contributed by atoms with Crippen LogP contribution in [0.5, 0.6) is 0 Å². The van der Waals surface area contributed by atoms with Gasteiger partial charge in [0, 0.05) is 28.4 Å². The van der Waals surface area contributed by atoms with Gasteiger partial charge in [0.2, 0.25) is 0 Å². The molecule has 0 saturated carbocycles. The highest BCUT2D eigenvalue weighted by Crippen LogP contribution is 2.45. The Morgan fingerprint density at radius 3 is 2.52 bits per heavy atom. The second kappa shape index (κ2) is 7.79. The molecule has 2 aliphatic heterocycles. The smallest absolute Gasteiger partial charge is 0.254 e. The average Bonchev–Trinajstić information content (AvgIpc) is 3.26. The van der Waals surface area contributed by atoms with Gasteiger partial charge in [0.15, 0.2) is 14.5 Å². The van der Waals surface area contributed by atoms with Crippen LogP contribution in [0, 0.1) is 0 Å². The van der Waals surface area contributed by atoms with E-state index in [-0.39, 0.29) is 29.7 Å². The molecule has 174 valence electrons. The van der Waals surface area contributed by atoms with Crippen LogP contribution in [0.2, 0.25) is 18.1 Å². The number of amides is 2. The molecule has 1 N–H and O–H groups in total. The van der Waals surface area contributed by atoms with Crippen LogP contribution in [0.25, 0.3) is 21.8 Å². The average molecular weight is 465 g/mol. The Balaban J connectivity index is 1.68. The van der Waals surface area contributed by atoms with Gasteiger partial charge in [-0.3, -0.25) is 9.59 Å². The molecule has 1 fully saturated rings. The third kappa shape index (κ3) is 3.45. The van der Waals surface area contributed by atoms with Crippen LogP contribution in [-0.2, 0) is 16.1 Å². The summed E-state index contributed by atoms with van der Waals surface area (Å²) in [6.07, 6.45) is 2.70. The predicted octanol–water partition coefficient (Wildman–Crippen LogP) is 5.97. The largest absolute Gasteiger partial charge is 0.354 e. The summed E-state index contributed by atoms with van der Waals surface area (Å²) in [5.41, 5.74) is 3.57. The summed E-state index contributed by atoms with van der Waals surface area (Å²) in [6, 6.07) is 9.93. The third-order valence-electron chi connectivity index (χ3n) is 7.67. The number of nitrogens with one attached hydrogen (secondary N) is 1. The van der Waals surface area contributed by atoms with Gasteiger partial charge in [-0.25, -0.2) is 0 Å². The molecule has 33 heavy (non-hydrogen) atoms. The third-order valence-corrected chi connectivity index (χ3v) is 12.9. The van der Waals surface area contributed by atoms with Crippen molar-refractivity contribution in [3.63, 3.8) is 0 Å². The van der Waals surface area contributed by atoms with Crippen molar-refractivity contribution < 1.29 is 19.1 Å². The molecule has 2 aromatic carbocycles. The van der Waals surface area contributed by atoms with Gasteiger partial charge in [0.05, 0.1) is 17.7 Å².